The molecule has 0 unspecified atom stereocenters. The van der Waals surface area contributed by atoms with Crippen LogP contribution in [0.5, 0.6) is 11.5 Å². The first-order valence-corrected chi connectivity index (χ1v) is 11.7. The van der Waals surface area contributed by atoms with E-state index in [0.29, 0.717) is 37.4 Å². The Morgan fingerprint density at radius 1 is 1.14 bits per heavy atom. The summed E-state index contributed by atoms with van der Waals surface area (Å²) >= 11 is 13.5. The largest absolute Gasteiger partial charge is 0.493 e. The van der Waals surface area contributed by atoms with Crippen molar-refractivity contribution in [2.45, 2.75) is 6.61 Å². The standard InChI is InChI=1S/C24H17Cl2N3O5S/c1-33-20-9-15(8-19(26)23(20)34-13-14-2-4-17(25)5-3-14)12-27-28-24(30)22-11-16-10-18(29(31)32)6-7-21(16)35-22/h2-12H,13H2,1H3,(H,28,30)/b27-12-. The maximum atomic E-state index is 12.5. The van der Waals surface area contributed by atoms with Crippen molar-refractivity contribution in [2.75, 3.05) is 7.11 Å². The highest BCUT2D eigenvalue weighted by Gasteiger charge is 2.14. The molecule has 0 aliphatic rings. The topological polar surface area (TPSA) is 103 Å². The second kappa shape index (κ2) is 10.7. The van der Waals surface area contributed by atoms with E-state index in [1.807, 2.05) is 12.1 Å². The Morgan fingerprint density at radius 2 is 1.91 bits per heavy atom. The number of fused-ring (bicyclic) bond motifs is 1. The molecule has 178 valence electrons. The van der Waals surface area contributed by atoms with Gasteiger partial charge in [-0.1, -0.05) is 35.3 Å². The molecule has 8 nitrogen and oxygen atoms in total. The lowest BCUT2D eigenvalue weighted by molar-refractivity contribution is -0.384. The predicted octanol–water partition coefficient (Wildman–Crippen LogP) is 6.47. The molecule has 4 aromatic rings. The van der Waals surface area contributed by atoms with Crippen LogP contribution in [0.3, 0.4) is 0 Å². The number of nitro groups is 1. The number of amides is 1. The molecular weight excluding hydrogens is 513 g/mol. The molecule has 0 spiro atoms. The van der Waals surface area contributed by atoms with Gasteiger partial charge in [0.05, 0.1) is 28.1 Å². The van der Waals surface area contributed by atoms with Crippen LogP contribution in [0.2, 0.25) is 10.0 Å². The van der Waals surface area contributed by atoms with Gasteiger partial charge >= 0.3 is 0 Å². The average molecular weight is 530 g/mol. The van der Waals surface area contributed by atoms with Gasteiger partial charge in [0.2, 0.25) is 0 Å². The Bertz CT molecular complexity index is 1440. The third kappa shape index (κ3) is 5.89. The first-order valence-electron chi connectivity index (χ1n) is 10.1. The van der Waals surface area contributed by atoms with Crippen LogP contribution in [-0.4, -0.2) is 24.2 Å². The van der Waals surface area contributed by atoms with Crippen molar-refractivity contribution in [3.05, 3.63) is 96.8 Å². The third-order valence-electron chi connectivity index (χ3n) is 4.86. The fourth-order valence-electron chi connectivity index (χ4n) is 3.17. The first kappa shape index (κ1) is 24.5. The number of benzene rings is 3. The smallest absolute Gasteiger partial charge is 0.281 e. The number of ether oxygens (including phenoxy) is 2. The van der Waals surface area contributed by atoms with E-state index in [1.165, 1.54) is 36.8 Å². The van der Waals surface area contributed by atoms with Crippen molar-refractivity contribution in [3.8, 4) is 11.5 Å². The highest BCUT2D eigenvalue weighted by atomic mass is 35.5. The lowest BCUT2D eigenvalue weighted by atomic mass is 10.2. The third-order valence-corrected chi connectivity index (χ3v) is 6.51. The highest BCUT2D eigenvalue weighted by molar-refractivity contribution is 7.20. The van der Waals surface area contributed by atoms with Crippen LogP contribution in [0, 0.1) is 10.1 Å². The predicted molar refractivity (Wildman–Crippen MR) is 137 cm³/mol. The van der Waals surface area contributed by atoms with Gasteiger partial charge in [-0.3, -0.25) is 14.9 Å². The maximum Gasteiger partial charge on any atom is 0.281 e. The van der Waals surface area contributed by atoms with Crippen LogP contribution in [-0.2, 0) is 6.61 Å². The number of methoxy groups -OCH3 is 1. The quantitative estimate of drug-likeness (QED) is 0.160. The van der Waals surface area contributed by atoms with Crippen LogP contribution in [0.15, 0.2) is 65.8 Å². The molecule has 0 fully saturated rings. The summed E-state index contributed by atoms with van der Waals surface area (Å²) in [5.74, 6) is 0.348. The number of carbonyl (C=O) groups excluding carboxylic acids is 1. The van der Waals surface area contributed by atoms with Crippen molar-refractivity contribution < 1.29 is 19.2 Å². The van der Waals surface area contributed by atoms with Gasteiger partial charge in [0.15, 0.2) is 11.5 Å². The fraction of sp³-hybridized carbons (Fsp3) is 0.0833. The van der Waals surface area contributed by atoms with E-state index in [9.17, 15) is 14.9 Å². The van der Waals surface area contributed by atoms with Crippen molar-refractivity contribution in [3.63, 3.8) is 0 Å². The molecule has 0 aliphatic heterocycles. The van der Waals surface area contributed by atoms with Crippen LogP contribution in [0.1, 0.15) is 20.8 Å². The van der Waals surface area contributed by atoms with Gasteiger partial charge in [-0.25, -0.2) is 5.43 Å². The highest BCUT2D eigenvalue weighted by Crippen LogP contribution is 2.36. The summed E-state index contributed by atoms with van der Waals surface area (Å²) < 4.78 is 12.0. The molecule has 1 N–H and O–H groups in total. The van der Waals surface area contributed by atoms with Crippen molar-refractivity contribution in [1.29, 1.82) is 0 Å². The molecule has 1 aromatic heterocycles. The molecule has 35 heavy (non-hydrogen) atoms. The summed E-state index contributed by atoms with van der Waals surface area (Å²) in [6.07, 6.45) is 1.42. The summed E-state index contributed by atoms with van der Waals surface area (Å²) in [4.78, 5) is 23.3. The first-order chi connectivity index (χ1) is 16.8. The molecule has 0 bridgehead atoms. The van der Waals surface area contributed by atoms with E-state index < -0.39 is 10.8 Å². The van der Waals surface area contributed by atoms with Crippen molar-refractivity contribution in [2.24, 2.45) is 5.10 Å². The Kier molecular flexibility index (Phi) is 7.50. The van der Waals surface area contributed by atoms with E-state index in [2.05, 4.69) is 10.5 Å². The molecule has 0 atom stereocenters. The normalized spacial score (nSPS) is 11.1. The number of nitro benzene ring substituents is 1. The van der Waals surface area contributed by atoms with Crippen molar-refractivity contribution in [1.82, 2.24) is 5.43 Å². The van der Waals surface area contributed by atoms with Gasteiger partial charge in [-0.2, -0.15) is 5.10 Å². The molecule has 1 heterocycles. The number of hydrazone groups is 1. The molecule has 1 amide bonds. The van der Waals surface area contributed by atoms with E-state index >= 15 is 0 Å². The summed E-state index contributed by atoms with van der Waals surface area (Å²) in [6, 6.07) is 16.6. The van der Waals surface area contributed by atoms with Gasteiger partial charge in [0, 0.05) is 27.2 Å². The Labute approximate surface area is 213 Å². The molecular formula is C24H17Cl2N3O5S. The van der Waals surface area contributed by atoms with E-state index in [4.69, 9.17) is 32.7 Å². The Balaban J connectivity index is 1.44. The number of carbonyl (C=O) groups is 1. The fourth-order valence-corrected chi connectivity index (χ4v) is 4.50. The number of rotatable bonds is 8. The average Bonchev–Trinajstić information content (AvgIpc) is 3.27. The number of nitrogens with zero attached hydrogens (tertiary/aromatic N) is 2. The molecule has 0 saturated heterocycles. The second-order valence-corrected chi connectivity index (χ2v) is 9.17. The summed E-state index contributed by atoms with van der Waals surface area (Å²) in [7, 11) is 1.50. The van der Waals surface area contributed by atoms with Crippen LogP contribution in [0.25, 0.3) is 10.1 Å². The molecule has 3 aromatic carbocycles. The molecule has 11 heteroatoms. The van der Waals surface area contributed by atoms with Gasteiger partial charge in [0.1, 0.15) is 6.61 Å². The second-order valence-electron chi connectivity index (χ2n) is 7.24. The van der Waals surface area contributed by atoms with Gasteiger partial charge in [0.25, 0.3) is 11.6 Å². The van der Waals surface area contributed by atoms with E-state index in [1.54, 1.807) is 36.4 Å². The number of hydrogen-bond donors (Lipinski definition) is 1. The summed E-state index contributed by atoms with van der Waals surface area (Å²) in [5, 5.41) is 16.5. The summed E-state index contributed by atoms with van der Waals surface area (Å²) in [6.45, 7) is 0.273. The van der Waals surface area contributed by atoms with E-state index in [0.717, 1.165) is 10.3 Å². The number of nitrogens with one attached hydrogen (secondary N) is 1. The lowest BCUT2D eigenvalue weighted by Gasteiger charge is -2.13. The zero-order valence-electron chi connectivity index (χ0n) is 18.2. The minimum absolute atomic E-state index is 0.0355. The van der Waals surface area contributed by atoms with Gasteiger partial charge in [-0.05, 0) is 47.5 Å². The molecule has 0 saturated carbocycles. The minimum Gasteiger partial charge on any atom is -0.493 e. The summed E-state index contributed by atoms with van der Waals surface area (Å²) in [5.41, 5.74) is 3.91. The van der Waals surface area contributed by atoms with Gasteiger partial charge in [-0.15, -0.1) is 11.3 Å². The van der Waals surface area contributed by atoms with Crippen LogP contribution in [0.4, 0.5) is 5.69 Å². The van der Waals surface area contributed by atoms with Crippen LogP contribution < -0.4 is 14.9 Å². The number of hydrogen-bond acceptors (Lipinski definition) is 7. The Hall–Kier alpha value is -3.66. The zero-order chi connectivity index (χ0) is 24.9. The number of thiophene rings is 1. The lowest BCUT2D eigenvalue weighted by Crippen LogP contribution is -2.16. The number of non-ortho nitro benzene ring substituents is 1. The monoisotopic (exact) mass is 529 g/mol. The minimum atomic E-state index is -0.478. The van der Waals surface area contributed by atoms with Gasteiger partial charge < -0.3 is 9.47 Å². The zero-order valence-corrected chi connectivity index (χ0v) is 20.5. The Morgan fingerprint density at radius 3 is 2.63 bits per heavy atom. The SMILES string of the molecule is COc1cc(/C=N\NC(=O)c2cc3cc([N+](=O)[O-])ccc3s2)cc(Cl)c1OCc1ccc(Cl)cc1. The van der Waals surface area contributed by atoms with E-state index in [-0.39, 0.29) is 12.3 Å². The van der Waals surface area contributed by atoms with Crippen LogP contribution >= 0.6 is 34.5 Å². The molecule has 0 radical (unpaired) electrons. The van der Waals surface area contributed by atoms with Crippen molar-refractivity contribution >= 4 is 62.4 Å². The number of halogens is 2. The molecule has 4 rings (SSSR count). The maximum absolute atomic E-state index is 12.5. The molecule has 0 aliphatic carbocycles.